The smallest absolute Gasteiger partial charge is 0.350 e. The van der Waals surface area contributed by atoms with Crippen LogP contribution >= 0.6 is 22.7 Å². The molecule has 0 amide bonds. The third-order valence-electron chi connectivity index (χ3n) is 3.77. The summed E-state index contributed by atoms with van der Waals surface area (Å²) >= 11 is 2.86. The van der Waals surface area contributed by atoms with Crippen molar-refractivity contribution in [3.05, 3.63) is 46.1 Å². The van der Waals surface area contributed by atoms with Crippen LogP contribution in [-0.2, 0) is 0 Å². The Morgan fingerprint density at radius 2 is 1.27 bits per heavy atom. The second-order valence-electron chi connectivity index (χ2n) is 5.22. The Hall–Kier alpha value is -3.56. The zero-order valence-electron chi connectivity index (χ0n) is 13.7. The normalized spacial score (nSPS) is 11.8. The second kappa shape index (κ2) is 6.75. The zero-order chi connectivity index (χ0) is 18.8. The van der Waals surface area contributed by atoms with Gasteiger partial charge < -0.3 is 9.69 Å². The largest absolute Gasteiger partial charge is 0.351 e. The van der Waals surface area contributed by atoms with E-state index in [0.717, 1.165) is 31.3 Å². The highest BCUT2D eigenvalue weighted by Gasteiger charge is 2.17. The van der Waals surface area contributed by atoms with Gasteiger partial charge in [-0.1, -0.05) is 45.8 Å². The van der Waals surface area contributed by atoms with Gasteiger partial charge in [-0.2, -0.15) is 0 Å². The van der Waals surface area contributed by atoms with E-state index in [2.05, 4.69) is 19.7 Å². The molecule has 122 valence electrons. The van der Waals surface area contributed by atoms with Crippen LogP contribution < -0.4 is 0 Å². The lowest BCUT2D eigenvalue weighted by molar-refractivity contribution is 1.53. The van der Waals surface area contributed by atoms with E-state index in [-0.39, 0.29) is 11.7 Å². The van der Waals surface area contributed by atoms with E-state index in [9.17, 15) is 0 Å². The molecule has 0 aliphatic heterocycles. The highest BCUT2D eigenvalue weighted by atomic mass is 32.1. The molecule has 3 rings (SSSR count). The summed E-state index contributed by atoms with van der Waals surface area (Å²) in [6, 6.07) is 7.32. The van der Waals surface area contributed by atoms with Crippen molar-refractivity contribution in [3.8, 4) is 12.1 Å². The predicted molar refractivity (Wildman–Crippen MR) is 105 cm³/mol. The highest BCUT2D eigenvalue weighted by Crippen LogP contribution is 2.44. The standard InChI is InChI=1S/C18H8N6S2/c1-9-11-5-15(23-13(7-19)21-3)26-18(11)10(2)12-6-16(25-17(9)12)24-14(8-20)22-4/h5-6H,1-2H3. The number of benzene rings is 1. The van der Waals surface area contributed by atoms with Gasteiger partial charge in [-0.15, -0.1) is 0 Å². The summed E-state index contributed by atoms with van der Waals surface area (Å²) in [5, 5.41) is 21.1. The summed E-state index contributed by atoms with van der Waals surface area (Å²) in [4.78, 5) is 14.4. The number of rotatable bonds is 2. The van der Waals surface area contributed by atoms with Crippen LogP contribution in [0.25, 0.3) is 29.9 Å². The summed E-state index contributed by atoms with van der Waals surface area (Å²) < 4.78 is 2.07. The Balaban J connectivity index is 2.27. The average molecular weight is 372 g/mol. The first kappa shape index (κ1) is 17.3. The molecule has 2 heterocycles. The molecule has 8 heteroatoms. The molecular formula is C18H8N6S2. The number of hydrogen-bond donors (Lipinski definition) is 0. The number of amidine groups is 2. The van der Waals surface area contributed by atoms with E-state index < -0.39 is 0 Å². The van der Waals surface area contributed by atoms with Gasteiger partial charge in [0.15, 0.2) is 0 Å². The fourth-order valence-electron chi connectivity index (χ4n) is 2.58. The van der Waals surface area contributed by atoms with Crippen LogP contribution in [0, 0.1) is 49.7 Å². The van der Waals surface area contributed by atoms with Crippen molar-refractivity contribution in [2.45, 2.75) is 13.8 Å². The van der Waals surface area contributed by atoms with Crippen molar-refractivity contribution >= 4 is 64.5 Å². The first-order chi connectivity index (χ1) is 12.5. The maximum atomic E-state index is 8.89. The summed E-state index contributed by atoms with van der Waals surface area (Å²) in [5.41, 5.74) is 2.10. The third-order valence-corrected chi connectivity index (χ3v) is 6.07. The minimum atomic E-state index is -0.187. The summed E-state index contributed by atoms with van der Waals surface area (Å²) in [7, 11) is 0. The van der Waals surface area contributed by atoms with Crippen LogP contribution in [0.3, 0.4) is 0 Å². The summed E-state index contributed by atoms with van der Waals surface area (Å²) in [5.74, 6) is -0.373. The Bertz CT molecular complexity index is 1110. The topological polar surface area (TPSA) is 81.0 Å². The minimum Gasteiger partial charge on any atom is -0.351 e. The average Bonchev–Trinajstić information content (AvgIpc) is 3.27. The van der Waals surface area contributed by atoms with Crippen LogP contribution in [-0.4, -0.2) is 11.7 Å². The van der Waals surface area contributed by atoms with Crippen LogP contribution in [0.5, 0.6) is 0 Å². The van der Waals surface area contributed by atoms with Crippen molar-refractivity contribution in [3.63, 3.8) is 0 Å². The van der Waals surface area contributed by atoms with Gasteiger partial charge in [-0.05, 0) is 25.0 Å². The minimum absolute atomic E-state index is 0.187. The van der Waals surface area contributed by atoms with Gasteiger partial charge in [0.1, 0.15) is 12.1 Å². The van der Waals surface area contributed by atoms with Gasteiger partial charge >= 0.3 is 11.7 Å². The quantitative estimate of drug-likeness (QED) is 0.329. The Kier molecular flexibility index (Phi) is 4.48. The lowest BCUT2D eigenvalue weighted by atomic mass is 10.0. The molecule has 0 saturated heterocycles. The molecular weight excluding hydrogens is 364 g/mol. The van der Waals surface area contributed by atoms with Crippen molar-refractivity contribution in [2.24, 2.45) is 9.98 Å². The number of thiophene rings is 2. The molecule has 2 aromatic heterocycles. The van der Waals surface area contributed by atoms with Gasteiger partial charge in [-0.25, -0.2) is 10.5 Å². The van der Waals surface area contributed by atoms with Gasteiger partial charge in [0.05, 0.1) is 0 Å². The molecule has 0 fully saturated rings. The molecule has 0 radical (unpaired) electrons. The number of hydrogen-bond acceptors (Lipinski definition) is 6. The van der Waals surface area contributed by atoms with Crippen molar-refractivity contribution in [2.75, 3.05) is 0 Å². The van der Waals surface area contributed by atoms with Crippen LogP contribution in [0.1, 0.15) is 11.1 Å². The molecule has 0 spiro atoms. The number of aryl methyl sites for hydroxylation is 2. The van der Waals surface area contributed by atoms with E-state index in [1.165, 1.54) is 22.7 Å². The molecule has 0 unspecified atom stereocenters. The molecule has 0 aliphatic rings. The first-order valence-corrected chi connectivity index (χ1v) is 8.84. The first-order valence-electron chi connectivity index (χ1n) is 7.21. The van der Waals surface area contributed by atoms with Gasteiger partial charge in [-0.3, -0.25) is 0 Å². The summed E-state index contributed by atoms with van der Waals surface area (Å²) in [6.45, 7) is 17.9. The zero-order valence-corrected chi connectivity index (χ0v) is 15.3. The van der Waals surface area contributed by atoms with Crippen molar-refractivity contribution in [1.29, 1.82) is 10.5 Å². The predicted octanol–water partition coefficient (Wildman–Crippen LogP) is 5.68. The Labute approximate surface area is 157 Å². The van der Waals surface area contributed by atoms with E-state index >= 15 is 0 Å². The van der Waals surface area contributed by atoms with Gasteiger partial charge in [0, 0.05) is 32.3 Å². The number of fused-ring (bicyclic) bond motifs is 2. The number of aliphatic imine (C=N–C) groups is 2. The number of nitriles is 2. The molecule has 3 aromatic rings. The van der Waals surface area contributed by atoms with Crippen molar-refractivity contribution in [1.82, 2.24) is 0 Å². The van der Waals surface area contributed by atoms with Gasteiger partial charge in [0.25, 0.3) is 0 Å². The molecule has 1 aromatic carbocycles. The molecule has 26 heavy (non-hydrogen) atoms. The van der Waals surface area contributed by atoms with E-state index in [1.54, 1.807) is 12.1 Å². The molecule has 0 N–H and O–H groups in total. The Morgan fingerprint density at radius 3 is 1.58 bits per heavy atom. The maximum absolute atomic E-state index is 8.89. The fourth-order valence-corrected chi connectivity index (χ4v) is 4.79. The summed E-state index contributed by atoms with van der Waals surface area (Å²) in [6.07, 6.45) is 0. The molecule has 6 nitrogen and oxygen atoms in total. The molecule has 0 saturated carbocycles. The second-order valence-corrected chi connectivity index (χ2v) is 7.28. The van der Waals surface area contributed by atoms with Crippen LogP contribution in [0.4, 0.5) is 10.0 Å². The SMILES string of the molecule is [C-]#[N+]C(C#N)=Nc1cc2c(C)c3sc(N=C(C#N)[N+]#[C-])cc3c(C)c2s1. The van der Waals surface area contributed by atoms with E-state index in [4.69, 9.17) is 23.7 Å². The monoisotopic (exact) mass is 372 g/mol. The highest BCUT2D eigenvalue weighted by molar-refractivity contribution is 7.24. The van der Waals surface area contributed by atoms with Crippen LogP contribution in [0.15, 0.2) is 22.1 Å². The van der Waals surface area contributed by atoms with E-state index in [1.807, 2.05) is 26.0 Å². The van der Waals surface area contributed by atoms with Gasteiger partial charge in [0.2, 0.25) is 10.0 Å². The number of nitrogens with zero attached hydrogens (tertiary/aromatic N) is 6. The lowest BCUT2D eigenvalue weighted by Gasteiger charge is -2.02. The molecule has 0 bridgehead atoms. The third kappa shape index (κ3) is 2.81. The van der Waals surface area contributed by atoms with Crippen LogP contribution in [0.2, 0.25) is 0 Å². The fraction of sp³-hybridized carbons (Fsp3) is 0.111. The van der Waals surface area contributed by atoms with E-state index in [0.29, 0.717) is 10.0 Å². The van der Waals surface area contributed by atoms with Crippen molar-refractivity contribution < 1.29 is 0 Å². The Morgan fingerprint density at radius 1 is 0.885 bits per heavy atom. The lowest BCUT2D eigenvalue weighted by Crippen LogP contribution is -1.80. The molecule has 0 aliphatic carbocycles. The maximum Gasteiger partial charge on any atom is 0.350 e. The molecule has 0 atom stereocenters.